The summed E-state index contributed by atoms with van der Waals surface area (Å²) in [5.74, 6) is -0.426. The molecule has 0 spiro atoms. The largest absolute Gasteiger partial charge is 0.463 e. The van der Waals surface area contributed by atoms with Gasteiger partial charge in [0.05, 0.1) is 6.61 Å². The van der Waals surface area contributed by atoms with Crippen LogP contribution in [0, 0.1) is 0 Å². The molecule has 0 aromatic carbocycles. The van der Waals surface area contributed by atoms with Crippen molar-refractivity contribution in [3.63, 3.8) is 0 Å². The van der Waals surface area contributed by atoms with Crippen molar-refractivity contribution in [1.82, 2.24) is 0 Å². The zero-order valence-electron chi connectivity index (χ0n) is 6.57. The molecule has 0 aliphatic rings. The van der Waals surface area contributed by atoms with Crippen LogP contribution in [0.2, 0.25) is 0 Å². The molecule has 0 atom stereocenters. The van der Waals surface area contributed by atoms with E-state index in [1.807, 2.05) is 0 Å². The minimum absolute atomic E-state index is 0.346. The summed E-state index contributed by atoms with van der Waals surface area (Å²) in [5.41, 5.74) is 8.60. The Morgan fingerprint density at radius 1 is 1.73 bits per heavy atom. The Hall–Kier alpha value is -1.41. The number of carbonyl (C=O) groups is 1. The van der Waals surface area contributed by atoms with E-state index in [2.05, 4.69) is 9.53 Å². The van der Waals surface area contributed by atoms with Crippen molar-refractivity contribution in [1.29, 1.82) is 0 Å². The standard InChI is InChI=1S/C7H10N2O2/c1-3-11-7(10)4-6(2)5-9-8/h4-5H,3H2,1-2H3/b6-4+. The molecule has 0 radical (unpaired) electrons. The van der Waals surface area contributed by atoms with Gasteiger partial charge in [-0.15, -0.1) is 0 Å². The zero-order chi connectivity index (χ0) is 8.69. The number of esters is 1. The van der Waals surface area contributed by atoms with Crippen molar-refractivity contribution >= 4 is 12.2 Å². The van der Waals surface area contributed by atoms with Crippen LogP contribution in [0.3, 0.4) is 0 Å². The number of hydrogen-bond donors (Lipinski definition) is 0. The van der Waals surface area contributed by atoms with Crippen molar-refractivity contribution in [2.45, 2.75) is 13.8 Å². The fraction of sp³-hybridized carbons (Fsp3) is 0.429. The van der Waals surface area contributed by atoms with E-state index in [1.165, 1.54) is 6.08 Å². The van der Waals surface area contributed by atoms with E-state index in [0.717, 1.165) is 6.21 Å². The van der Waals surface area contributed by atoms with E-state index in [1.54, 1.807) is 13.8 Å². The number of allylic oxidation sites excluding steroid dienone is 1. The first kappa shape index (κ1) is 9.59. The predicted octanol–water partition coefficient (Wildman–Crippen LogP) is 0.796. The third-order valence-electron chi connectivity index (χ3n) is 0.893. The number of ether oxygens (including phenoxy) is 1. The summed E-state index contributed by atoms with van der Waals surface area (Å²) in [7, 11) is 0. The molecule has 4 nitrogen and oxygen atoms in total. The normalized spacial score (nSPS) is 10.2. The smallest absolute Gasteiger partial charge is 0.331 e. The lowest BCUT2D eigenvalue weighted by molar-refractivity contribution is -0.137. The van der Waals surface area contributed by atoms with Crippen molar-refractivity contribution in [3.05, 3.63) is 17.2 Å². The van der Waals surface area contributed by atoms with Crippen molar-refractivity contribution in [2.75, 3.05) is 6.61 Å². The first-order valence-electron chi connectivity index (χ1n) is 3.23. The van der Waals surface area contributed by atoms with Crippen molar-refractivity contribution < 1.29 is 14.3 Å². The van der Waals surface area contributed by atoms with Crippen LogP contribution in [0.25, 0.3) is 5.53 Å². The lowest BCUT2D eigenvalue weighted by atomic mass is 10.3. The summed E-state index contributed by atoms with van der Waals surface area (Å²) in [6, 6.07) is 0. The molecule has 0 saturated heterocycles. The SMILES string of the molecule is CCOC(=O)/C=C(\C)C=[N+]=[N-]. The van der Waals surface area contributed by atoms with Crippen LogP contribution in [0.15, 0.2) is 11.6 Å². The highest BCUT2D eigenvalue weighted by Gasteiger charge is 1.97. The van der Waals surface area contributed by atoms with Gasteiger partial charge in [0.2, 0.25) is 0 Å². The van der Waals surface area contributed by atoms with E-state index in [4.69, 9.17) is 5.53 Å². The molecule has 0 saturated carbocycles. The van der Waals surface area contributed by atoms with E-state index >= 15 is 0 Å². The Kier molecular flexibility index (Phi) is 4.69. The van der Waals surface area contributed by atoms with Gasteiger partial charge in [0.25, 0.3) is 6.21 Å². The highest BCUT2D eigenvalue weighted by molar-refractivity contribution is 5.89. The molecular formula is C7H10N2O2. The average molecular weight is 154 g/mol. The lowest BCUT2D eigenvalue weighted by Gasteiger charge is -1.93. The van der Waals surface area contributed by atoms with E-state index in [9.17, 15) is 4.79 Å². The van der Waals surface area contributed by atoms with Gasteiger partial charge in [0.15, 0.2) is 0 Å². The van der Waals surface area contributed by atoms with Gasteiger partial charge in [0.1, 0.15) is 0 Å². The van der Waals surface area contributed by atoms with Crippen LogP contribution in [-0.4, -0.2) is 23.6 Å². The summed E-state index contributed by atoms with van der Waals surface area (Å²) < 4.78 is 4.60. The summed E-state index contributed by atoms with van der Waals surface area (Å²) in [6.45, 7) is 3.71. The van der Waals surface area contributed by atoms with Gasteiger partial charge in [-0.05, 0) is 13.8 Å². The maximum Gasteiger partial charge on any atom is 0.331 e. The van der Waals surface area contributed by atoms with Gasteiger partial charge in [-0.25, -0.2) is 4.79 Å². The minimum Gasteiger partial charge on any atom is -0.463 e. The number of hydrogen-bond acceptors (Lipinski definition) is 2. The van der Waals surface area contributed by atoms with Crippen LogP contribution < -0.4 is 0 Å². The molecule has 0 aliphatic carbocycles. The number of nitrogens with zero attached hydrogens (tertiary/aromatic N) is 2. The fourth-order valence-electron chi connectivity index (χ4n) is 0.498. The maximum atomic E-state index is 10.7. The van der Waals surface area contributed by atoms with E-state index in [0.29, 0.717) is 12.2 Å². The third-order valence-corrected chi connectivity index (χ3v) is 0.893. The van der Waals surface area contributed by atoms with Crippen LogP contribution >= 0.6 is 0 Å². The quantitative estimate of drug-likeness (QED) is 0.198. The summed E-state index contributed by atoms with van der Waals surface area (Å²) >= 11 is 0. The molecule has 60 valence electrons. The topological polar surface area (TPSA) is 62.7 Å². The second kappa shape index (κ2) is 5.38. The van der Waals surface area contributed by atoms with Crippen molar-refractivity contribution in [2.24, 2.45) is 0 Å². The Balaban J connectivity index is 4.07. The van der Waals surface area contributed by atoms with Gasteiger partial charge in [-0.1, -0.05) is 0 Å². The Labute approximate surface area is 65.1 Å². The molecule has 11 heavy (non-hydrogen) atoms. The number of carbonyl (C=O) groups excluding carboxylic acids is 1. The minimum atomic E-state index is -0.426. The molecule has 4 heteroatoms. The molecule has 0 heterocycles. The Bertz CT molecular complexity index is 214. The van der Waals surface area contributed by atoms with Crippen LogP contribution in [0.5, 0.6) is 0 Å². The second-order valence-corrected chi connectivity index (χ2v) is 1.88. The lowest BCUT2D eigenvalue weighted by Crippen LogP contribution is -2.00. The highest BCUT2D eigenvalue weighted by atomic mass is 16.5. The van der Waals surface area contributed by atoms with E-state index < -0.39 is 5.97 Å². The van der Waals surface area contributed by atoms with Crippen LogP contribution in [0.4, 0.5) is 0 Å². The van der Waals surface area contributed by atoms with E-state index in [-0.39, 0.29) is 0 Å². The predicted molar refractivity (Wildman–Crippen MR) is 40.1 cm³/mol. The summed E-state index contributed by atoms with van der Waals surface area (Å²) in [5, 5.41) is 0. The van der Waals surface area contributed by atoms with Gasteiger partial charge in [0, 0.05) is 11.6 Å². The number of rotatable bonds is 3. The zero-order valence-corrected chi connectivity index (χ0v) is 6.57. The summed E-state index contributed by atoms with van der Waals surface area (Å²) in [6.07, 6.45) is 2.42. The van der Waals surface area contributed by atoms with Gasteiger partial charge < -0.3 is 10.3 Å². The maximum absolute atomic E-state index is 10.7. The molecule has 0 unspecified atom stereocenters. The average Bonchev–Trinajstić information content (AvgIpc) is 1.87. The van der Waals surface area contributed by atoms with Crippen LogP contribution in [-0.2, 0) is 9.53 Å². The van der Waals surface area contributed by atoms with Gasteiger partial charge >= 0.3 is 5.97 Å². The first-order chi connectivity index (χ1) is 5.20. The van der Waals surface area contributed by atoms with Gasteiger partial charge in [-0.2, -0.15) is 4.79 Å². The molecule has 0 aromatic rings. The molecule has 0 aliphatic heterocycles. The highest BCUT2D eigenvalue weighted by Crippen LogP contribution is 1.88. The molecule has 0 amide bonds. The Morgan fingerprint density at radius 3 is 2.82 bits per heavy atom. The van der Waals surface area contributed by atoms with Crippen molar-refractivity contribution in [3.8, 4) is 0 Å². The fourth-order valence-corrected chi connectivity index (χ4v) is 0.498. The monoisotopic (exact) mass is 154 g/mol. The first-order valence-corrected chi connectivity index (χ1v) is 3.23. The third kappa shape index (κ3) is 5.06. The Morgan fingerprint density at radius 2 is 2.36 bits per heavy atom. The molecule has 0 fully saturated rings. The van der Waals surface area contributed by atoms with Gasteiger partial charge in [-0.3, -0.25) is 0 Å². The molecular weight excluding hydrogens is 144 g/mol. The molecule has 0 rings (SSSR count). The molecule has 0 bridgehead atoms. The summed E-state index contributed by atoms with van der Waals surface area (Å²) in [4.78, 5) is 13.4. The molecule has 0 aromatic heterocycles. The molecule has 0 N–H and O–H groups in total. The van der Waals surface area contributed by atoms with Crippen LogP contribution in [0.1, 0.15) is 13.8 Å². The second-order valence-electron chi connectivity index (χ2n) is 1.88.